The third-order valence-electron chi connectivity index (χ3n) is 5.22. The van der Waals surface area contributed by atoms with Crippen LogP contribution in [-0.4, -0.2) is 17.1 Å². The van der Waals surface area contributed by atoms with Gasteiger partial charge < -0.3 is 5.32 Å². The first kappa shape index (κ1) is 24.1. The van der Waals surface area contributed by atoms with Gasteiger partial charge >= 0.3 is 0 Å². The van der Waals surface area contributed by atoms with E-state index in [0.717, 1.165) is 15.6 Å². The fourth-order valence-corrected chi connectivity index (χ4v) is 5.21. The van der Waals surface area contributed by atoms with Gasteiger partial charge in [0.2, 0.25) is 5.91 Å². The van der Waals surface area contributed by atoms with Crippen LogP contribution in [0.3, 0.4) is 0 Å². The van der Waals surface area contributed by atoms with E-state index >= 15 is 0 Å². The second-order valence-corrected chi connectivity index (χ2v) is 10.1. The van der Waals surface area contributed by atoms with Crippen molar-refractivity contribution >= 4 is 56.8 Å². The highest BCUT2D eigenvalue weighted by molar-refractivity contribution is 9.10. The maximum atomic E-state index is 13.5. The first-order valence-corrected chi connectivity index (χ1v) is 12.5. The van der Waals surface area contributed by atoms with Crippen molar-refractivity contribution in [1.82, 2.24) is 5.32 Å². The lowest BCUT2D eigenvalue weighted by molar-refractivity contribution is -0.117. The fraction of sp³-hybridized carbons (Fsp3) is 0.115. The van der Waals surface area contributed by atoms with E-state index < -0.39 is 11.2 Å². The zero-order valence-electron chi connectivity index (χ0n) is 17.9. The van der Waals surface area contributed by atoms with E-state index in [-0.39, 0.29) is 18.0 Å². The minimum absolute atomic E-state index is 0.0949. The fourth-order valence-electron chi connectivity index (χ4n) is 3.51. The molecule has 34 heavy (non-hydrogen) atoms. The van der Waals surface area contributed by atoms with Crippen LogP contribution in [0, 0.1) is 11.3 Å². The Hall–Kier alpha value is -3.05. The summed E-state index contributed by atoms with van der Waals surface area (Å²) in [5.74, 6) is -0.709. The highest BCUT2D eigenvalue weighted by atomic mass is 79.9. The molecular weight excluding hydrogens is 534 g/mol. The molecule has 0 spiro atoms. The molecular formula is C26H19BrClN3O2S. The number of hydrogen-bond donors (Lipinski definition) is 1. The number of amides is 2. The van der Waals surface area contributed by atoms with Gasteiger partial charge in [-0.25, -0.2) is 0 Å². The van der Waals surface area contributed by atoms with Gasteiger partial charge in [-0.15, -0.1) is 0 Å². The van der Waals surface area contributed by atoms with Gasteiger partial charge in [-0.2, -0.15) is 5.26 Å². The van der Waals surface area contributed by atoms with Crippen molar-refractivity contribution in [3.63, 3.8) is 0 Å². The number of thioether (sulfide) groups is 1. The normalized spacial score (nSPS) is 16.8. The van der Waals surface area contributed by atoms with Crippen molar-refractivity contribution in [3.05, 3.63) is 110 Å². The Balaban J connectivity index is 1.66. The molecule has 1 fully saturated rings. The summed E-state index contributed by atoms with van der Waals surface area (Å²) in [5, 5.41) is 13.1. The second kappa shape index (κ2) is 10.9. The molecule has 1 unspecified atom stereocenters. The van der Waals surface area contributed by atoms with E-state index in [1.807, 2.05) is 60.7 Å². The summed E-state index contributed by atoms with van der Waals surface area (Å²) in [6.07, 6.45) is 0.467. The molecule has 4 rings (SSSR count). The summed E-state index contributed by atoms with van der Waals surface area (Å²) >= 11 is 10.7. The number of benzene rings is 3. The minimum atomic E-state index is -0.523. The first-order chi connectivity index (χ1) is 16.5. The number of anilines is 1. The Labute approximate surface area is 215 Å². The number of carbonyl (C=O) groups is 2. The molecule has 0 radical (unpaired) electrons. The van der Waals surface area contributed by atoms with Gasteiger partial charge in [0.1, 0.15) is 16.7 Å². The van der Waals surface area contributed by atoms with Crippen molar-refractivity contribution in [2.75, 3.05) is 4.90 Å². The molecule has 1 saturated heterocycles. The lowest BCUT2D eigenvalue weighted by Gasteiger charge is -2.19. The molecule has 1 aliphatic rings. The van der Waals surface area contributed by atoms with Gasteiger partial charge in [0.25, 0.3) is 5.91 Å². The molecule has 3 aromatic carbocycles. The van der Waals surface area contributed by atoms with Gasteiger partial charge in [-0.3, -0.25) is 14.5 Å². The zero-order valence-corrected chi connectivity index (χ0v) is 21.0. The number of carbonyl (C=O) groups excluding carboxylic acids is 2. The van der Waals surface area contributed by atoms with Crippen LogP contribution in [0.5, 0.6) is 0 Å². The van der Waals surface area contributed by atoms with Crippen molar-refractivity contribution < 1.29 is 9.59 Å². The maximum absolute atomic E-state index is 13.5. The van der Waals surface area contributed by atoms with Crippen LogP contribution in [0.15, 0.2) is 93.9 Å². The molecule has 1 atom stereocenters. The molecule has 2 amide bonds. The smallest absolute Gasteiger partial charge is 0.264 e. The van der Waals surface area contributed by atoms with E-state index in [1.54, 1.807) is 24.3 Å². The van der Waals surface area contributed by atoms with Gasteiger partial charge in [0.15, 0.2) is 0 Å². The second-order valence-electron chi connectivity index (χ2n) is 7.55. The minimum Gasteiger partial charge on any atom is -0.347 e. The lowest BCUT2D eigenvalue weighted by atomic mass is 10.1. The van der Waals surface area contributed by atoms with E-state index in [2.05, 4.69) is 21.2 Å². The summed E-state index contributed by atoms with van der Waals surface area (Å²) in [7, 11) is 0. The SMILES string of the molecule is N#C/C(C(=O)NCc1ccccc1)=C1/SC(Cc2ccc(Br)cc2)C(=O)N1c1ccc(Cl)cc1. The van der Waals surface area contributed by atoms with Gasteiger partial charge in [0, 0.05) is 21.7 Å². The lowest BCUT2D eigenvalue weighted by Crippen LogP contribution is -2.32. The van der Waals surface area contributed by atoms with E-state index in [9.17, 15) is 14.9 Å². The first-order valence-electron chi connectivity index (χ1n) is 10.4. The summed E-state index contributed by atoms with van der Waals surface area (Å²) in [6.45, 7) is 0.278. The Morgan fingerprint density at radius 2 is 1.71 bits per heavy atom. The number of rotatable bonds is 6. The van der Waals surface area contributed by atoms with Crippen LogP contribution >= 0.6 is 39.3 Å². The predicted molar refractivity (Wildman–Crippen MR) is 139 cm³/mol. The summed E-state index contributed by atoms with van der Waals surface area (Å²) in [4.78, 5) is 27.9. The highest BCUT2D eigenvalue weighted by Gasteiger charge is 2.40. The van der Waals surface area contributed by atoms with Crippen LogP contribution < -0.4 is 10.2 Å². The standard InChI is InChI=1S/C26H19BrClN3O2S/c27-19-8-6-17(7-9-19)14-23-25(33)31(21-12-10-20(28)11-13-21)26(34-23)22(15-29)24(32)30-16-18-4-2-1-3-5-18/h1-13,23H,14,16H2,(H,30,32)/b26-22-. The van der Waals surface area contributed by atoms with Crippen LogP contribution in [0.4, 0.5) is 5.69 Å². The zero-order chi connectivity index (χ0) is 24.1. The molecule has 1 N–H and O–H groups in total. The third kappa shape index (κ3) is 5.53. The Kier molecular flexibility index (Phi) is 7.73. The molecule has 0 aromatic heterocycles. The van der Waals surface area contributed by atoms with E-state index in [1.165, 1.54) is 16.7 Å². The summed E-state index contributed by atoms with van der Waals surface area (Å²) in [5.41, 5.74) is 2.36. The third-order valence-corrected chi connectivity index (χ3v) is 7.26. The summed E-state index contributed by atoms with van der Waals surface area (Å²) in [6, 6.07) is 26.0. The Bertz CT molecular complexity index is 1270. The molecule has 8 heteroatoms. The number of halogens is 2. The van der Waals surface area contributed by atoms with Crippen LogP contribution in [0.25, 0.3) is 0 Å². The summed E-state index contributed by atoms with van der Waals surface area (Å²) < 4.78 is 0.951. The molecule has 1 aliphatic heterocycles. The number of nitrogens with zero attached hydrogens (tertiary/aromatic N) is 2. The van der Waals surface area contributed by atoms with Crippen LogP contribution in [-0.2, 0) is 22.6 Å². The molecule has 0 bridgehead atoms. The van der Waals surface area contributed by atoms with Gasteiger partial charge in [-0.1, -0.05) is 81.8 Å². The van der Waals surface area contributed by atoms with Crippen LogP contribution in [0.1, 0.15) is 11.1 Å². The number of nitrogens with one attached hydrogen (secondary N) is 1. The quantitative estimate of drug-likeness (QED) is 0.308. The van der Waals surface area contributed by atoms with Crippen molar-refractivity contribution in [3.8, 4) is 6.07 Å². The van der Waals surface area contributed by atoms with Crippen molar-refractivity contribution in [2.45, 2.75) is 18.2 Å². The molecule has 170 valence electrons. The molecule has 0 aliphatic carbocycles. The Morgan fingerprint density at radius 1 is 1.03 bits per heavy atom. The molecule has 0 saturated carbocycles. The largest absolute Gasteiger partial charge is 0.347 e. The average molecular weight is 553 g/mol. The van der Waals surface area contributed by atoms with Gasteiger partial charge in [-0.05, 0) is 53.9 Å². The van der Waals surface area contributed by atoms with Crippen molar-refractivity contribution in [2.24, 2.45) is 0 Å². The number of hydrogen-bond acceptors (Lipinski definition) is 4. The van der Waals surface area contributed by atoms with E-state index in [4.69, 9.17) is 11.6 Å². The van der Waals surface area contributed by atoms with E-state index in [0.29, 0.717) is 22.2 Å². The van der Waals surface area contributed by atoms with Crippen LogP contribution in [0.2, 0.25) is 5.02 Å². The van der Waals surface area contributed by atoms with Crippen molar-refractivity contribution in [1.29, 1.82) is 5.26 Å². The topological polar surface area (TPSA) is 73.2 Å². The van der Waals surface area contributed by atoms with Gasteiger partial charge in [0.05, 0.1) is 5.25 Å². The molecule has 3 aromatic rings. The molecule has 5 nitrogen and oxygen atoms in total. The molecule has 1 heterocycles. The average Bonchev–Trinajstić information content (AvgIpc) is 3.16. The Morgan fingerprint density at radius 3 is 2.35 bits per heavy atom. The maximum Gasteiger partial charge on any atom is 0.264 e. The highest BCUT2D eigenvalue weighted by Crippen LogP contribution is 2.42. The number of nitriles is 1. The predicted octanol–water partition coefficient (Wildman–Crippen LogP) is 5.85. The monoisotopic (exact) mass is 551 g/mol.